The van der Waals surface area contributed by atoms with E-state index in [2.05, 4.69) is 6.26 Å². The van der Waals surface area contributed by atoms with Gasteiger partial charge in [-0.05, 0) is 36.4 Å². The molecule has 0 aliphatic heterocycles. The van der Waals surface area contributed by atoms with Gasteiger partial charge >= 0.3 is 0 Å². The predicted molar refractivity (Wildman–Crippen MR) is 138 cm³/mol. The van der Waals surface area contributed by atoms with E-state index in [0.717, 1.165) is 15.9 Å². The lowest BCUT2D eigenvalue weighted by Crippen LogP contribution is -2.33. The molecule has 3 rings (SSSR count). The van der Waals surface area contributed by atoms with Crippen LogP contribution in [0.3, 0.4) is 0 Å². The maximum atomic E-state index is 5.90. The molecular weight excluding hydrogens is 459 g/mol. The zero-order valence-electron chi connectivity index (χ0n) is 20.0. The van der Waals surface area contributed by atoms with Crippen molar-refractivity contribution in [3.05, 3.63) is 54.6 Å². The first-order valence-electron chi connectivity index (χ1n) is 10.2. The molecule has 0 aliphatic rings. The highest BCUT2D eigenvalue weighted by molar-refractivity contribution is 8.69. The monoisotopic (exact) mass is 489 g/mol. The summed E-state index contributed by atoms with van der Waals surface area (Å²) in [4.78, 5) is 0. The molecule has 0 saturated carbocycles. The van der Waals surface area contributed by atoms with Crippen molar-refractivity contribution in [2.24, 2.45) is 0 Å². The van der Waals surface area contributed by atoms with Gasteiger partial charge in [0, 0.05) is 17.6 Å². The molecule has 0 N–H and O–H groups in total. The number of ether oxygens (including phenoxy) is 6. The predicted octanol–water partition coefficient (Wildman–Crippen LogP) is 4.31. The van der Waals surface area contributed by atoms with Crippen molar-refractivity contribution in [3.8, 4) is 34.5 Å². The molecule has 3 aromatic carbocycles. The minimum Gasteiger partial charge on any atom is -0.492 e. The Morgan fingerprint density at radius 1 is 0.455 bits per heavy atom. The molecule has 0 spiro atoms. The summed E-state index contributed by atoms with van der Waals surface area (Å²) in [5.41, 5.74) is 0. The summed E-state index contributed by atoms with van der Waals surface area (Å²) in [7, 11) is 9.95. The molecule has 0 fully saturated rings. The SMILES string of the molecule is COc1cccc(OC)c1[P+](SC)(c1c(OC)cccc1OC)c1c(OC)cccc1OC. The van der Waals surface area contributed by atoms with Crippen molar-refractivity contribution >= 4 is 33.8 Å². The van der Waals surface area contributed by atoms with E-state index in [-0.39, 0.29) is 0 Å². The largest absolute Gasteiger partial charge is 0.492 e. The Hall–Kier alpha value is -2.76. The lowest BCUT2D eigenvalue weighted by Gasteiger charge is -2.30. The Morgan fingerprint density at radius 2 is 0.667 bits per heavy atom. The minimum atomic E-state index is -2.69. The third-order valence-electron chi connectivity index (χ3n) is 5.42. The van der Waals surface area contributed by atoms with E-state index in [1.807, 2.05) is 54.6 Å². The van der Waals surface area contributed by atoms with E-state index in [1.54, 1.807) is 54.0 Å². The third-order valence-corrected chi connectivity index (χ3v) is 12.5. The van der Waals surface area contributed by atoms with Gasteiger partial charge < -0.3 is 28.4 Å². The van der Waals surface area contributed by atoms with Gasteiger partial charge in [-0.3, -0.25) is 0 Å². The van der Waals surface area contributed by atoms with E-state index >= 15 is 0 Å². The van der Waals surface area contributed by atoms with Crippen LogP contribution >= 0.6 is 17.8 Å². The number of hydrogen-bond donors (Lipinski definition) is 0. The van der Waals surface area contributed by atoms with Crippen LogP contribution in [0.25, 0.3) is 0 Å². The summed E-state index contributed by atoms with van der Waals surface area (Å²) in [5.74, 6) is 4.16. The molecule has 0 amide bonds. The van der Waals surface area contributed by atoms with Crippen molar-refractivity contribution in [2.45, 2.75) is 0 Å². The highest BCUT2D eigenvalue weighted by Gasteiger charge is 2.58. The van der Waals surface area contributed by atoms with Gasteiger partial charge in [-0.25, -0.2) is 0 Å². The Bertz CT molecular complexity index is 903. The number of methoxy groups -OCH3 is 6. The minimum absolute atomic E-state index is 0.693. The summed E-state index contributed by atoms with van der Waals surface area (Å²) < 4.78 is 35.4. The zero-order valence-corrected chi connectivity index (χ0v) is 21.7. The average molecular weight is 490 g/mol. The molecule has 33 heavy (non-hydrogen) atoms. The maximum Gasteiger partial charge on any atom is 0.199 e. The quantitative estimate of drug-likeness (QED) is 0.394. The van der Waals surface area contributed by atoms with Gasteiger partial charge in [0.15, 0.2) is 56.9 Å². The average Bonchev–Trinajstić information content (AvgIpc) is 2.89. The molecule has 0 atom stereocenters. The third kappa shape index (κ3) is 4.16. The molecule has 0 aromatic heterocycles. The summed E-state index contributed by atoms with van der Waals surface area (Å²) in [5, 5.41) is 2.69. The van der Waals surface area contributed by atoms with Gasteiger partial charge in [0.2, 0.25) is 0 Å². The standard InChI is InChI=1S/C25H30O6PS/c1-26-17-11-8-12-18(27-2)23(17)32(33-7,24-19(28-3)13-9-14-20(24)29-4)25-21(30-5)15-10-16-22(25)31-6/h8-16H,1-7H3/q+1. The molecule has 6 nitrogen and oxygen atoms in total. The lowest BCUT2D eigenvalue weighted by atomic mass is 10.3. The molecule has 0 aliphatic carbocycles. The zero-order chi connectivity index (χ0) is 24.0. The molecule has 176 valence electrons. The summed E-state index contributed by atoms with van der Waals surface area (Å²) in [6, 6.07) is 17.4. The fraction of sp³-hybridized carbons (Fsp3) is 0.280. The first-order chi connectivity index (χ1) is 16.1. The van der Waals surface area contributed by atoms with Crippen LogP contribution < -0.4 is 44.3 Å². The van der Waals surface area contributed by atoms with Crippen molar-refractivity contribution in [1.82, 2.24) is 0 Å². The van der Waals surface area contributed by atoms with Crippen LogP contribution in [-0.2, 0) is 0 Å². The molecule has 3 aromatic rings. The summed E-state index contributed by atoms with van der Waals surface area (Å²) in [6.45, 7) is -2.69. The summed E-state index contributed by atoms with van der Waals surface area (Å²) in [6.07, 6.45) is 2.07. The van der Waals surface area contributed by atoms with Crippen LogP contribution in [0.5, 0.6) is 34.5 Å². The van der Waals surface area contributed by atoms with Crippen LogP contribution in [0.15, 0.2) is 54.6 Å². The van der Waals surface area contributed by atoms with Crippen molar-refractivity contribution in [3.63, 3.8) is 0 Å². The van der Waals surface area contributed by atoms with E-state index in [4.69, 9.17) is 28.4 Å². The molecule has 0 saturated heterocycles. The number of benzene rings is 3. The van der Waals surface area contributed by atoms with Gasteiger partial charge in [-0.1, -0.05) is 18.2 Å². The van der Waals surface area contributed by atoms with Crippen LogP contribution in [0.1, 0.15) is 0 Å². The number of rotatable bonds is 10. The van der Waals surface area contributed by atoms with Crippen molar-refractivity contribution in [1.29, 1.82) is 0 Å². The van der Waals surface area contributed by atoms with Gasteiger partial charge in [-0.2, -0.15) is 0 Å². The van der Waals surface area contributed by atoms with E-state index in [9.17, 15) is 0 Å². The maximum absolute atomic E-state index is 5.90. The highest BCUT2D eigenvalue weighted by Crippen LogP contribution is 2.72. The fourth-order valence-corrected chi connectivity index (χ4v) is 11.4. The second-order valence-corrected chi connectivity index (χ2v) is 12.5. The first-order valence-corrected chi connectivity index (χ1v) is 13.8. The Balaban J connectivity index is 2.68. The Morgan fingerprint density at radius 3 is 0.818 bits per heavy atom. The number of hydrogen-bond acceptors (Lipinski definition) is 7. The highest BCUT2D eigenvalue weighted by atomic mass is 32.7. The molecule has 0 radical (unpaired) electrons. The second kappa shape index (κ2) is 10.9. The molecule has 0 unspecified atom stereocenters. The fourth-order valence-electron chi connectivity index (χ4n) is 4.04. The molecule has 0 heterocycles. The smallest absolute Gasteiger partial charge is 0.199 e. The second-order valence-electron chi connectivity index (χ2n) is 6.83. The molecular formula is C25H30O6PS+. The van der Waals surface area contributed by atoms with Crippen LogP contribution in [0.2, 0.25) is 0 Å². The van der Waals surface area contributed by atoms with E-state index in [0.29, 0.717) is 34.5 Å². The van der Waals surface area contributed by atoms with Gasteiger partial charge in [0.05, 0.1) is 42.7 Å². The first kappa shape index (κ1) is 24.9. The molecule has 0 bridgehead atoms. The van der Waals surface area contributed by atoms with Gasteiger partial charge in [-0.15, -0.1) is 0 Å². The van der Waals surface area contributed by atoms with Crippen LogP contribution in [0, 0.1) is 0 Å². The van der Waals surface area contributed by atoms with Crippen molar-refractivity contribution < 1.29 is 28.4 Å². The topological polar surface area (TPSA) is 55.4 Å². The van der Waals surface area contributed by atoms with Crippen LogP contribution in [0.4, 0.5) is 0 Å². The van der Waals surface area contributed by atoms with E-state index in [1.165, 1.54) is 0 Å². The Labute approximate surface area is 200 Å². The molecule has 8 heteroatoms. The normalized spacial score (nSPS) is 11.0. The Kier molecular flexibility index (Phi) is 8.22. The van der Waals surface area contributed by atoms with Gasteiger partial charge in [0.1, 0.15) is 0 Å². The van der Waals surface area contributed by atoms with E-state index < -0.39 is 6.46 Å². The summed E-state index contributed by atoms with van der Waals surface area (Å²) >= 11 is 1.68. The van der Waals surface area contributed by atoms with Crippen molar-refractivity contribution in [2.75, 3.05) is 48.9 Å². The van der Waals surface area contributed by atoms with Gasteiger partial charge in [0.25, 0.3) is 0 Å². The lowest BCUT2D eigenvalue weighted by molar-refractivity contribution is 0.398. The van der Waals surface area contributed by atoms with Crippen LogP contribution in [-0.4, -0.2) is 48.9 Å².